The van der Waals surface area contributed by atoms with Crippen molar-refractivity contribution in [3.63, 3.8) is 0 Å². The first-order valence-corrected chi connectivity index (χ1v) is 11.2. The summed E-state index contributed by atoms with van der Waals surface area (Å²) in [7, 11) is 4.58. The Labute approximate surface area is 201 Å². The van der Waals surface area contributed by atoms with E-state index in [1.165, 1.54) is 33.1 Å². The highest BCUT2D eigenvalue weighted by atomic mass is 35.5. The van der Waals surface area contributed by atoms with Crippen molar-refractivity contribution in [2.24, 2.45) is 0 Å². The molecule has 0 bridgehead atoms. The SMILES string of the molecule is COc1ccc(NC(=O)CSc2cccc(NC(=O)c3ccc(OC)c(OC)c3)c2)cc1Cl. The predicted octanol–water partition coefficient (Wildman–Crippen LogP) is 5.35. The standard InChI is InChI=1S/C24H23ClN2O5S/c1-30-20-10-8-17(13-19(20)25)26-23(28)14-33-18-6-4-5-16(12-18)27-24(29)15-7-9-21(31-2)22(11-15)32-3/h4-13H,14H2,1-3H3,(H,26,28)(H,27,29). The minimum atomic E-state index is -0.285. The van der Waals surface area contributed by atoms with Crippen LogP contribution >= 0.6 is 23.4 Å². The minimum Gasteiger partial charge on any atom is -0.495 e. The highest BCUT2D eigenvalue weighted by Gasteiger charge is 2.12. The van der Waals surface area contributed by atoms with Gasteiger partial charge in [-0.05, 0) is 54.6 Å². The van der Waals surface area contributed by atoms with Crippen LogP contribution < -0.4 is 24.8 Å². The minimum absolute atomic E-state index is 0.180. The first-order valence-electron chi connectivity index (χ1n) is 9.83. The molecule has 0 heterocycles. The fraction of sp³-hybridized carbons (Fsp3) is 0.167. The number of methoxy groups -OCH3 is 3. The normalized spacial score (nSPS) is 10.3. The number of thioether (sulfide) groups is 1. The van der Waals surface area contributed by atoms with Crippen molar-refractivity contribution in [3.05, 3.63) is 71.2 Å². The van der Waals surface area contributed by atoms with Gasteiger partial charge in [0, 0.05) is 21.8 Å². The second kappa shape index (κ2) is 11.5. The summed E-state index contributed by atoms with van der Waals surface area (Å²) >= 11 is 7.44. The predicted molar refractivity (Wildman–Crippen MR) is 131 cm³/mol. The molecule has 2 amide bonds. The maximum Gasteiger partial charge on any atom is 0.255 e. The molecule has 33 heavy (non-hydrogen) atoms. The lowest BCUT2D eigenvalue weighted by atomic mass is 10.2. The highest BCUT2D eigenvalue weighted by Crippen LogP contribution is 2.29. The van der Waals surface area contributed by atoms with Crippen molar-refractivity contribution in [1.82, 2.24) is 0 Å². The Morgan fingerprint density at radius 1 is 0.818 bits per heavy atom. The molecule has 0 spiro atoms. The molecule has 0 saturated carbocycles. The molecule has 0 aliphatic carbocycles. The van der Waals surface area contributed by atoms with Crippen molar-refractivity contribution in [2.75, 3.05) is 37.7 Å². The molecule has 0 unspecified atom stereocenters. The van der Waals surface area contributed by atoms with E-state index in [1.807, 2.05) is 12.1 Å². The summed E-state index contributed by atoms with van der Waals surface area (Å²) in [6, 6.07) is 17.3. The first-order chi connectivity index (χ1) is 15.9. The van der Waals surface area contributed by atoms with Crippen LogP contribution in [-0.2, 0) is 4.79 Å². The zero-order valence-corrected chi connectivity index (χ0v) is 19.9. The zero-order valence-electron chi connectivity index (χ0n) is 18.3. The number of halogens is 1. The van der Waals surface area contributed by atoms with E-state index >= 15 is 0 Å². The Kier molecular flexibility index (Phi) is 8.46. The number of nitrogens with one attached hydrogen (secondary N) is 2. The molecule has 0 aromatic heterocycles. The lowest BCUT2D eigenvalue weighted by Gasteiger charge is -2.11. The number of amides is 2. The van der Waals surface area contributed by atoms with E-state index in [0.29, 0.717) is 39.2 Å². The number of benzene rings is 3. The number of hydrogen-bond donors (Lipinski definition) is 2. The average Bonchev–Trinajstić information content (AvgIpc) is 2.82. The van der Waals surface area contributed by atoms with Crippen molar-refractivity contribution < 1.29 is 23.8 Å². The highest BCUT2D eigenvalue weighted by molar-refractivity contribution is 8.00. The molecule has 9 heteroatoms. The molecule has 0 aliphatic heterocycles. The number of anilines is 2. The van der Waals surface area contributed by atoms with E-state index < -0.39 is 0 Å². The molecule has 3 aromatic rings. The van der Waals surface area contributed by atoms with Gasteiger partial charge in [0.1, 0.15) is 5.75 Å². The van der Waals surface area contributed by atoms with Crippen LogP contribution in [0.5, 0.6) is 17.2 Å². The van der Waals surface area contributed by atoms with Gasteiger partial charge in [-0.3, -0.25) is 9.59 Å². The quantitative estimate of drug-likeness (QED) is 0.396. The number of hydrogen-bond acceptors (Lipinski definition) is 6. The number of rotatable bonds is 9. The maximum atomic E-state index is 12.6. The van der Waals surface area contributed by atoms with Crippen LogP contribution in [0.2, 0.25) is 5.02 Å². The van der Waals surface area contributed by atoms with Crippen LogP contribution in [0.3, 0.4) is 0 Å². The Balaban J connectivity index is 1.59. The third-order valence-electron chi connectivity index (χ3n) is 4.54. The molecular weight excluding hydrogens is 464 g/mol. The summed E-state index contributed by atoms with van der Waals surface area (Å²) in [5.41, 5.74) is 1.63. The molecule has 3 rings (SSSR count). The molecule has 0 saturated heterocycles. The van der Waals surface area contributed by atoms with Crippen molar-refractivity contribution in [2.45, 2.75) is 4.90 Å². The van der Waals surface area contributed by atoms with E-state index in [9.17, 15) is 9.59 Å². The average molecular weight is 487 g/mol. The molecule has 0 fully saturated rings. The van der Waals surface area contributed by atoms with Crippen molar-refractivity contribution >= 4 is 46.6 Å². The topological polar surface area (TPSA) is 85.9 Å². The Hall–Kier alpha value is -3.36. The van der Waals surface area contributed by atoms with Crippen LogP contribution in [0, 0.1) is 0 Å². The Morgan fingerprint density at radius 3 is 2.21 bits per heavy atom. The van der Waals surface area contributed by atoms with Gasteiger partial charge in [-0.2, -0.15) is 0 Å². The lowest BCUT2D eigenvalue weighted by molar-refractivity contribution is -0.113. The van der Waals surface area contributed by atoms with E-state index in [0.717, 1.165) is 4.90 Å². The van der Waals surface area contributed by atoms with Gasteiger partial charge in [0.15, 0.2) is 11.5 Å². The summed E-state index contributed by atoms with van der Waals surface area (Å²) in [4.78, 5) is 25.8. The number of ether oxygens (including phenoxy) is 3. The monoisotopic (exact) mass is 486 g/mol. The molecule has 0 atom stereocenters. The fourth-order valence-electron chi connectivity index (χ4n) is 2.93. The molecular formula is C24H23ClN2O5S. The summed E-state index contributed by atoms with van der Waals surface area (Å²) in [5.74, 6) is 1.28. The second-order valence-corrected chi connectivity index (χ2v) is 8.19. The molecule has 0 aliphatic rings. The van der Waals surface area contributed by atoms with E-state index in [-0.39, 0.29) is 17.6 Å². The van der Waals surface area contributed by atoms with Crippen LogP contribution in [0.1, 0.15) is 10.4 Å². The van der Waals surface area contributed by atoms with Crippen molar-refractivity contribution in [1.29, 1.82) is 0 Å². The van der Waals surface area contributed by atoms with Gasteiger partial charge in [-0.25, -0.2) is 0 Å². The van der Waals surface area contributed by atoms with Crippen LogP contribution in [-0.4, -0.2) is 38.9 Å². The smallest absolute Gasteiger partial charge is 0.255 e. The number of carbonyl (C=O) groups is 2. The van der Waals surface area contributed by atoms with E-state index in [2.05, 4.69) is 10.6 Å². The third-order valence-corrected chi connectivity index (χ3v) is 5.83. The molecule has 2 N–H and O–H groups in total. The zero-order chi connectivity index (χ0) is 23.8. The van der Waals surface area contributed by atoms with Gasteiger partial charge in [0.25, 0.3) is 5.91 Å². The summed E-state index contributed by atoms with van der Waals surface area (Å²) in [5, 5.41) is 6.07. The largest absolute Gasteiger partial charge is 0.495 e. The fourth-order valence-corrected chi connectivity index (χ4v) is 3.95. The summed E-state index contributed by atoms with van der Waals surface area (Å²) < 4.78 is 15.6. The van der Waals surface area contributed by atoms with Crippen LogP contribution in [0.4, 0.5) is 11.4 Å². The van der Waals surface area contributed by atoms with Gasteiger partial charge < -0.3 is 24.8 Å². The number of carbonyl (C=O) groups excluding carboxylic acids is 2. The first kappa shape index (κ1) is 24.3. The molecule has 7 nitrogen and oxygen atoms in total. The van der Waals surface area contributed by atoms with Crippen LogP contribution in [0.15, 0.2) is 65.6 Å². The van der Waals surface area contributed by atoms with E-state index in [1.54, 1.807) is 48.5 Å². The van der Waals surface area contributed by atoms with Crippen molar-refractivity contribution in [3.8, 4) is 17.2 Å². The van der Waals surface area contributed by atoms with Crippen LogP contribution in [0.25, 0.3) is 0 Å². The van der Waals surface area contributed by atoms with E-state index in [4.69, 9.17) is 25.8 Å². The molecule has 0 radical (unpaired) electrons. The molecule has 3 aromatic carbocycles. The third kappa shape index (κ3) is 6.57. The second-order valence-electron chi connectivity index (χ2n) is 6.74. The Bertz CT molecular complexity index is 1160. The van der Waals surface area contributed by atoms with Gasteiger partial charge in [-0.1, -0.05) is 17.7 Å². The Morgan fingerprint density at radius 2 is 1.52 bits per heavy atom. The summed E-state index contributed by atoms with van der Waals surface area (Å²) in [6.07, 6.45) is 0. The van der Waals surface area contributed by atoms with Gasteiger partial charge >= 0.3 is 0 Å². The van der Waals surface area contributed by atoms with Gasteiger partial charge in [0.2, 0.25) is 5.91 Å². The maximum absolute atomic E-state index is 12.6. The lowest BCUT2D eigenvalue weighted by Crippen LogP contribution is -2.14. The van der Waals surface area contributed by atoms with Gasteiger partial charge in [0.05, 0.1) is 32.1 Å². The molecule has 172 valence electrons. The van der Waals surface area contributed by atoms with Gasteiger partial charge in [-0.15, -0.1) is 11.8 Å². The summed E-state index contributed by atoms with van der Waals surface area (Å²) in [6.45, 7) is 0.